The van der Waals surface area contributed by atoms with Gasteiger partial charge in [-0.25, -0.2) is 13.6 Å². The van der Waals surface area contributed by atoms with Gasteiger partial charge in [-0.2, -0.15) is 0 Å². The lowest BCUT2D eigenvalue weighted by Gasteiger charge is -2.33. The summed E-state index contributed by atoms with van der Waals surface area (Å²) in [5.74, 6) is 0.0164. The van der Waals surface area contributed by atoms with Gasteiger partial charge in [0.2, 0.25) is 15.9 Å². The Hall–Kier alpha value is -1.44. The van der Waals surface area contributed by atoms with Crippen molar-refractivity contribution in [2.45, 2.75) is 37.6 Å². The molecule has 0 bridgehead atoms. The molecule has 1 aliphatic heterocycles. The molecule has 4 N–H and O–H groups in total. The van der Waals surface area contributed by atoms with Crippen molar-refractivity contribution in [1.82, 2.24) is 10.6 Å². The number of nitrogens with one attached hydrogen (secondary N) is 2. The molecule has 2 atom stereocenters. The predicted octanol–water partition coefficient (Wildman–Crippen LogP) is 0.901. The molecule has 0 aliphatic carbocycles. The Morgan fingerprint density at radius 3 is 2.50 bits per heavy atom. The van der Waals surface area contributed by atoms with Crippen LogP contribution in [0.15, 0.2) is 29.2 Å². The summed E-state index contributed by atoms with van der Waals surface area (Å²) in [6.07, 6.45) is 1.85. The summed E-state index contributed by atoms with van der Waals surface area (Å²) in [5, 5.41) is 11.3. The number of hydrogen-bond acceptors (Lipinski definition) is 4. The van der Waals surface area contributed by atoms with Crippen LogP contribution in [-0.2, 0) is 14.8 Å². The Morgan fingerprint density at radius 1 is 1.36 bits per heavy atom. The number of benzene rings is 1. The van der Waals surface area contributed by atoms with Gasteiger partial charge in [0.05, 0.1) is 16.4 Å². The van der Waals surface area contributed by atoms with Crippen LogP contribution in [0.2, 0.25) is 0 Å². The first-order valence-electron chi connectivity index (χ1n) is 7.37. The molecule has 1 aliphatic rings. The third-order valence-corrected chi connectivity index (χ3v) is 5.13. The van der Waals surface area contributed by atoms with Gasteiger partial charge in [0.25, 0.3) is 0 Å². The van der Waals surface area contributed by atoms with E-state index in [-0.39, 0.29) is 16.8 Å². The van der Waals surface area contributed by atoms with Crippen LogP contribution in [-0.4, -0.2) is 27.4 Å². The molecule has 2 rings (SSSR count). The maximum absolute atomic E-state index is 12.5. The summed E-state index contributed by atoms with van der Waals surface area (Å²) in [7, 11) is -3.69. The molecule has 0 aromatic heterocycles. The van der Waals surface area contributed by atoms with E-state index in [1.54, 1.807) is 12.1 Å². The Bertz CT molecular complexity index is 635. The molecule has 2 unspecified atom stereocenters. The second-order valence-electron chi connectivity index (χ2n) is 6.15. The molecule has 1 aromatic carbocycles. The maximum atomic E-state index is 12.5. The Balaban J connectivity index is 2.05. The van der Waals surface area contributed by atoms with E-state index in [2.05, 4.69) is 10.6 Å². The topological polar surface area (TPSA) is 101 Å². The molecular formula is C15H23N3O3S. The lowest BCUT2D eigenvalue weighted by atomic mass is 9.81. The molecule has 1 aromatic rings. The van der Waals surface area contributed by atoms with Crippen molar-refractivity contribution in [2.24, 2.45) is 10.6 Å². The Morgan fingerprint density at radius 2 is 2.00 bits per heavy atom. The van der Waals surface area contributed by atoms with Gasteiger partial charge in [0.1, 0.15) is 0 Å². The minimum Gasteiger partial charge on any atom is -0.349 e. The highest BCUT2D eigenvalue weighted by molar-refractivity contribution is 7.89. The standard InChI is InChI=1S/C15H23N3O3S/c1-11(12-4-6-13(7-5-12)22(16,20)21)18-14(19)15(2)8-3-9-17-10-15/h4-7,11,17H,3,8-10H2,1-2H3,(H,18,19)(H2,16,20,21). The molecule has 0 spiro atoms. The van der Waals surface area contributed by atoms with E-state index in [1.807, 2.05) is 13.8 Å². The number of nitrogens with two attached hydrogens (primary N) is 1. The predicted molar refractivity (Wildman–Crippen MR) is 84.6 cm³/mol. The van der Waals surface area contributed by atoms with Crippen molar-refractivity contribution < 1.29 is 13.2 Å². The molecule has 0 radical (unpaired) electrons. The zero-order valence-electron chi connectivity index (χ0n) is 12.9. The highest BCUT2D eigenvalue weighted by Gasteiger charge is 2.35. The van der Waals surface area contributed by atoms with E-state index in [1.165, 1.54) is 12.1 Å². The number of sulfonamides is 1. The van der Waals surface area contributed by atoms with Crippen molar-refractivity contribution in [3.05, 3.63) is 29.8 Å². The fourth-order valence-corrected chi connectivity index (χ4v) is 3.17. The van der Waals surface area contributed by atoms with Crippen molar-refractivity contribution in [3.63, 3.8) is 0 Å². The van der Waals surface area contributed by atoms with Gasteiger partial charge in [0, 0.05) is 6.54 Å². The molecule has 1 heterocycles. The fraction of sp³-hybridized carbons (Fsp3) is 0.533. The average Bonchev–Trinajstić information content (AvgIpc) is 2.47. The number of amides is 1. The average molecular weight is 325 g/mol. The van der Waals surface area contributed by atoms with E-state index >= 15 is 0 Å². The van der Waals surface area contributed by atoms with E-state index < -0.39 is 15.4 Å². The minimum absolute atomic E-state index is 0.0164. The molecule has 1 saturated heterocycles. The van der Waals surface area contributed by atoms with Crippen LogP contribution in [0.5, 0.6) is 0 Å². The summed E-state index contributed by atoms with van der Waals surface area (Å²) in [6, 6.07) is 6.06. The third kappa shape index (κ3) is 3.85. The third-order valence-electron chi connectivity index (χ3n) is 4.20. The number of piperidine rings is 1. The smallest absolute Gasteiger partial charge is 0.238 e. The van der Waals surface area contributed by atoms with Gasteiger partial charge in [-0.1, -0.05) is 12.1 Å². The largest absolute Gasteiger partial charge is 0.349 e. The lowest BCUT2D eigenvalue weighted by Crippen LogP contribution is -2.49. The highest BCUT2D eigenvalue weighted by atomic mass is 32.2. The van der Waals surface area contributed by atoms with E-state index in [0.29, 0.717) is 6.54 Å². The van der Waals surface area contributed by atoms with Crippen molar-refractivity contribution in [2.75, 3.05) is 13.1 Å². The molecule has 22 heavy (non-hydrogen) atoms. The normalized spacial score (nSPS) is 23.8. The van der Waals surface area contributed by atoms with Crippen LogP contribution >= 0.6 is 0 Å². The van der Waals surface area contributed by atoms with Gasteiger partial charge >= 0.3 is 0 Å². The zero-order valence-corrected chi connectivity index (χ0v) is 13.7. The second kappa shape index (κ2) is 6.36. The highest BCUT2D eigenvalue weighted by Crippen LogP contribution is 2.27. The van der Waals surface area contributed by atoms with Crippen LogP contribution in [0.1, 0.15) is 38.3 Å². The number of primary sulfonamides is 1. The molecule has 7 heteroatoms. The number of rotatable bonds is 4. The Kier molecular flexibility index (Phi) is 4.89. The van der Waals surface area contributed by atoms with Crippen LogP contribution in [0.4, 0.5) is 0 Å². The first kappa shape index (κ1) is 16.9. The summed E-state index contributed by atoms with van der Waals surface area (Å²) in [4.78, 5) is 12.5. The van der Waals surface area contributed by atoms with Crippen molar-refractivity contribution in [1.29, 1.82) is 0 Å². The summed E-state index contributed by atoms with van der Waals surface area (Å²) in [5.41, 5.74) is 0.445. The molecule has 0 saturated carbocycles. The molecule has 122 valence electrons. The first-order valence-corrected chi connectivity index (χ1v) is 8.91. The molecule has 1 amide bonds. The monoisotopic (exact) mass is 325 g/mol. The fourth-order valence-electron chi connectivity index (χ4n) is 2.65. The Labute approximate surface area is 131 Å². The van der Waals surface area contributed by atoms with Crippen LogP contribution in [0.25, 0.3) is 0 Å². The maximum Gasteiger partial charge on any atom is 0.238 e. The molecular weight excluding hydrogens is 302 g/mol. The van der Waals surface area contributed by atoms with Gasteiger partial charge in [0.15, 0.2) is 0 Å². The van der Waals surface area contributed by atoms with Crippen LogP contribution < -0.4 is 15.8 Å². The summed E-state index contributed by atoms with van der Waals surface area (Å²) >= 11 is 0. The first-order chi connectivity index (χ1) is 10.2. The SMILES string of the molecule is CC(NC(=O)C1(C)CCCNC1)c1ccc(S(N)(=O)=O)cc1. The van der Waals surface area contributed by atoms with Gasteiger partial charge in [-0.05, 0) is 50.9 Å². The van der Waals surface area contributed by atoms with Gasteiger partial charge < -0.3 is 10.6 Å². The second-order valence-corrected chi connectivity index (χ2v) is 7.71. The number of carbonyl (C=O) groups excluding carboxylic acids is 1. The number of carbonyl (C=O) groups is 1. The zero-order chi connectivity index (χ0) is 16.4. The summed E-state index contributed by atoms with van der Waals surface area (Å²) < 4.78 is 22.5. The quantitative estimate of drug-likeness (QED) is 0.765. The number of hydrogen-bond donors (Lipinski definition) is 3. The van der Waals surface area contributed by atoms with Gasteiger partial charge in [-0.3, -0.25) is 4.79 Å². The van der Waals surface area contributed by atoms with E-state index in [0.717, 1.165) is 24.9 Å². The van der Waals surface area contributed by atoms with Gasteiger partial charge in [-0.15, -0.1) is 0 Å². The molecule has 1 fully saturated rings. The van der Waals surface area contributed by atoms with Crippen molar-refractivity contribution >= 4 is 15.9 Å². The van der Waals surface area contributed by atoms with E-state index in [4.69, 9.17) is 5.14 Å². The molecule has 6 nitrogen and oxygen atoms in total. The lowest BCUT2D eigenvalue weighted by molar-refractivity contribution is -0.131. The van der Waals surface area contributed by atoms with Crippen LogP contribution in [0, 0.1) is 5.41 Å². The van der Waals surface area contributed by atoms with Crippen molar-refractivity contribution in [3.8, 4) is 0 Å². The minimum atomic E-state index is -3.69. The van der Waals surface area contributed by atoms with Crippen LogP contribution in [0.3, 0.4) is 0 Å². The van der Waals surface area contributed by atoms with E-state index in [9.17, 15) is 13.2 Å². The summed E-state index contributed by atoms with van der Waals surface area (Å²) in [6.45, 7) is 5.47.